The van der Waals surface area contributed by atoms with Crippen molar-refractivity contribution in [3.8, 4) is 11.4 Å². The number of nitrogens with zero attached hydrogens (tertiary/aromatic N) is 3. The molecule has 0 aliphatic heterocycles. The quantitative estimate of drug-likeness (QED) is 0.617. The largest absolute Gasteiger partial charge is 0.497 e. The van der Waals surface area contributed by atoms with Gasteiger partial charge in [-0.2, -0.15) is 0 Å². The molecular weight excluding hydrogens is 372 g/mol. The lowest BCUT2D eigenvalue weighted by atomic mass is 10.1. The highest BCUT2D eigenvalue weighted by atomic mass is 32.2. The Balaban J connectivity index is 1.63. The molecule has 1 heterocycles. The van der Waals surface area contributed by atoms with Crippen molar-refractivity contribution >= 4 is 17.7 Å². The third-order valence-corrected chi connectivity index (χ3v) is 5.46. The van der Waals surface area contributed by atoms with Gasteiger partial charge in [-0.1, -0.05) is 41.6 Å². The fourth-order valence-corrected chi connectivity index (χ4v) is 3.69. The van der Waals surface area contributed by atoms with Gasteiger partial charge in [-0.15, -0.1) is 10.2 Å². The Morgan fingerprint density at radius 3 is 2.64 bits per heavy atom. The zero-order valence-electron chi connectivity index (χ0n) is 16.5. The van der Waals surface area contributed by atoms with Crippen molar-refractivity contribution in [1.82, 2.24) is 20.1 Å². The monoisotopic (exact) mass is 396 g/mol. The van der Waals surface area contributed by atoms with Crippen LogP contribution in [0.3, 0.4) is 0 Å². The molecule has 1 aromatic heterocycles. The second-order valence-corrected chi connectivity index (χ2v) is 7.91. The molecule has 0 radical (unpaired) electrons. The van der Waals surface area contributed by atoms with Gasteiger partial charge in [-0.05, 0) is 50.1 Å². The van der Waals surface area contributed by atoms with E-state index in [1.165, 1.54) is 17.3 Å². The summed E-state index contributed by atoms with van der Waals surface area (Å²) in [5.74, 6) is 0.751. The smallest absolute Gasteiger partial charge is 0.233 e. The van der Waals surface area contributed by atoms with Gasteiger partial charge in [0.1, 0.15) is 12.1 Å². The highest BCUT2D eigenvalue weighted by Crippen LogP contribution is 2.26. The SMILES string of the molecule is COc1ccc(CNC(=O)C(C)Sc2nncn2-c2ccc(C)cc2C)cc1. The van der Waals surface area contributed by atoms with Crippen LogP contribution >= 0.6 is 11.8 Å². The normalized spacial score (nSPS) is 11.9. The summed E-state index contributed by atoms with van der Waals surface area (Å²) in [7, 11) is 1.63. The Morgan fingerprint density at radius 1 is 1.21 bits per heavy atom. The third kappa shape index (κ3) is 4.72. The molecule has 1 amide bonds. The zero-order valence-corrected chi connectivity index (χ0v) is 17.3. The molecule has 1 N–H and O–H groups in total. The molecule has 146 valence electrons. The molecule has 0 aliphatic rings. The highest BCUT2D eigenvalue weighted by molar-refractivity contribution is 8.00. The minimum absolute atomic E-state index is 0.0454. The summed E-state index contributed by atoms with van der Waals surface area (Å²) in [4.78, 5) is 12.5. The molecule has 28 heavy (non-hydrogen) atoms. The van der Waals surface area contributed by atoms with Gasteiger partial charge in [0, 0.05) is 6.54 Å². The van der Waals surface area contributed by atoms with E-state index in [4.69, 9.17) is 4.74 Å². The Morgan fingerprint density at radius 2 is 1.96 bits per heavy atom. The van der Waals surface area contributed by atoms with Crippen LogP contribution in [0.4, 0.5) is 0 Å². The summed E-state index contributed by atoms with van der Waals surface area (Å²) in [5.41, 5.74) is 4.38. The predicted octanol–water partition coefficient (Wildman–Crippen LogP) is 3.69. The summed E-state index contributed by atoms with van der Waals surface area (Å²) < 4.78 is 7.07. The molecule has 6 nitrogen and oxygen atoms in total. The van der Waals surface area contributed by atoms with Crippen molar-refractivity contribution in [2.45, 2.75) is 37.7 Å². The summed E-state index contributed by atoms with van der Waals surface area (Å²) in [6.45, 7) is 6.46. The number of benzene rings is 2. The highest BCUT2D eigenvalue weighted by Gasteiger charge is 2.18. The van der Waals surface area contributed by atoms with E-state index in [1.54, 1.807) is 13.4 Å². The molecule has 3 aromatic rings. The van der Waals surface area contributed by atoms with E-state index in [2.05, 4.69) is 41.5 Å². The molecule has 0 aliphatic carbocycles. The number of ether oxygens (including phenoxy) is 1. The minimum Gasteiger partial charge on any atom is -0.497 e. The van der Waals surface area contributed by atoms with Gasteiger partial charge < -0.3 is 10.1 Å². The second-order valence-electron chi connectivity index (χ2n) is 6.60. The van der Waals surface area contributed by atoms with E-state index in [0.29, 0.717) is 11.7 Å². The first kappa shape index (κ1) is 19.9. The second kappa shape index (κ2) is 8.93. The first-order valence-corrected chi connectivity index (χ1v) is 9.91. The van der Waals surface area contributed by atoms with Crippen molar-refractivity contribution in [1.29, 1.82) is 0 Å². The third-order valence-electron chi connectivity index (χ3n) is 4.41. The van der Waals surface area contributed by atoms with Crippen LogP contribution < -0.4 is 10.1 Å². The Kier molecular flexibility index (Phi) is 6.36. The van der Waals surface area contributed by atoms with Crippen LogP contribution in [0.15, 0.2) is 53.9 Å². The standard InChI is InChI=1S/C21H24N4O2S/c1-14-5-10-19(15(2)11-14)25-13-23-24-21(25)28-16(3)20(26)22-12-17-6-8-18(27-4)9-7-17/h5-11,13,16H,12H2,1-4H3,(H,22,26). The number of hydrogen-bond acceptors (Lipinski definition) is 5. The lowest BCUT2D eigenvalue weighted by Crippen LogP contribution is -2.30. The van der Waals surface area contributed by atoms with Crippen molar-refractivity contribution in [2.24, 2.45) is 0 Å². The van der Waals surface area contributed by atoms with Crippen molar-refractivity contribution in [3.63, 3.8) is 0 Å². The van der Waals surface area contributed by atoms with E-state index >= 15 is 0 Å². The Labute approximate surface area is 169 Å². The lowest BCUT2D eigenvalue weighted by molar-refractivity contribution is -0.120. The van der Waals surface area contributed by atoms with Gasteiger partial charge in [-0.3, -0.25) is 9.36 Å². The molecule has 0 bridgehead atoms. The van der Waals surface area contributed by atoms with Gasteiger partial charge in [0.25, 0.3) is 0 Å². The molecule has 3 rings (SSSR count). The molecule has 0 spiro atoms. The van der Waals surface area contributed by atoms with Gasteiger partial charge in [0.15, 0.2) is 5.16 Å². The van der Waals surface area contributed by atoms with Crippen LogP contribution in [-0.4, -0.2) is 33.0 Å². The van der Waals surface area contributed by atoms with Crippen molar-refractivity contribution in [2.75, 3.05) is 7.11 Å². The summed E-state index contributed by atoms with van der Waals surface area (Å²) >= 11 is 1.39. The van der Waals surface area contributed by atoms with Crippen LogP contribution in [0.1, 0.15) is 23.6 Å². The first-order valence-electron chi connectivity index (χ1n) is 9.03. The Bertz CT molecular complexity index is 953. The number of hydrogen-bond donors (Lipinski definition) is 1. The van der Waals surface area contributed by atoms with Crippen molar-refractivity contribution in [3.05, 3.63) is 65.5 Å². The van der Waals surface area contributed by atoms with Crippen LogP contribution in [0.2, 0.25) is 0 Å². The van der Waals surface area contributed by atoms with E-state index in [1.807, 2.05) is 41.8 Å². The lowest BCUT2D eigenvalue weighted by Gasteiger charge is -2.14. The van der Waals surface area contributed by atoms with Crippen molar-refractivity contribution < 1.29 is 9.53 Å². The fraction of sp³-hybridized carbons (Fsp3) is 0.286. The van der Waals surface area contributed by atoms with E-state index in [-0.39, 0.29) is 11.2 Å². The molecular formula is C21H24N4O2S. The van der Waals surface area contributed by atoms with Gasteiger partial charge in [0.2, 0.25) is 5.91 Å². The molecule has 0 saturated heterocycles. The first-order chi connectivity index (χ1) is 13.5. The summed E-state index contributed by atoms with van der Waals surface area (Å²) in [6, 6.07) is 13.9. The van der Waals surface area contributed by atoms with Gasteiger partial charge in [0.05, 0.1) is 18.0 Å². The Hall–Kier alpha value is -2.80. The number of rotatable bonds is 7. The molecule has 1 unspecified atom stereocenters. The summed E-state index contributed by atoms with van der Waals surface area (Å²) in [6.07, 6.45) is 1.68. The van der Waals surface area contributed by atoms with Crippen LogP contribution in [0, 0.1) is 13.8 Å². The number of methoxy groups -OCH3 is 1. The fourth-order valence-electron chi connectivity index (χ4n) is 2.83. The van der Waals surface area contributed by atoms with Gasteiger partial charge in [-0.25, -0.2) is 0 Å². The van der Waals surface area contributed by atoms with Crippen LogP contribution in [-0.2, 0) is 11.3 Å². The maximum Gasteiger partial charge on any atom is 0.233 e. The number of aromatic nitrogens is 3. The number of carbonyl (C=O) groups is 1. The topological polar surface area (TPSA) is 69.0 Å². The molecule has 1 atom stereocenters. The predicted molar refractivity (Wildman–Crippen MR) is 111 cm³/mol. The molecule has 7 heteroatoms. The minimum atomic E-state index is -0.299. The van der Waals surface area contributed by atoms with Crippen LogP contribution in [0.25, 0.3) is 5.69 Å². The number of carbonyl (C=O) groups excluding carboxylic acids is 1. The molecule has 0 saturated carbocycles. The number of aryl methyl sites for hydroxylation is 2. The average molecular weight is 397 g/mol. The van der Waals surface area contributed by atoms with E-state index in [9.17, 15) is 4.79 Å². The number of thioether (sulfide) groups is 1. The molecule has 0 fully saturated rings. The van der Waals surface area contributed by atoms with E-state index in [0.717, 1.165) is 22.6 Å². The number of amides is 1. The average Bonchev–Trinajstić information content (AvgIpc) is 3.14. The molecule has 2 aromatic carbocycles. The van der Waals surface area contributed by atoms with E-state index < -0.39 is 0 Å². The van der Waals surface area contributed by atoms with Crippen LogP contribution in [0.5, 0.6) is 5.75 Å². The summed E-state index contributed by atoms with van der Waals surface area (Å²) in [5, 5.41) is 11.6. The van der Waals surface area contributed by atoms with Gasteiger partial charge >= 0.3 is 0 Å². The maximum atomic E-state index is 12.5. The number of nitrogens with one attached hydrogen (secondary N) is 1. The zero-order chi connectivity index (χ0) is 20.1. The maximum absolute atomic E-state index is 12.5.